The van der Waals surface area contributed by atoms with E-state index in [1.165, 1.54) is 6.92 Å². The fourth-order valence-corrected chi connectivity index (χ4v) is 2.89. The van der Waals surface area contributed by atoms with Crippen LogP contribution in [0.4, 0.5) is 0 Å². The second-order valence-corrected chi connectivity index (χ2v) is 8.22. The lowest BCUT2D eigenvalue weighted by Crippen LogP contribution is -2.52. The van der Waals surface area contributed by atoms with E-state index in [1.54, 1.807) is 27.7 Å². The highest BCUT2D eigenvalue weighted by atomic mass is 16.6. The minimum atomic E-state index is -0.973. The highest BCUT2D eigenvalue weighted by Gasteiger charge is 2.28. The molecule has 0 aliphatic rings. The fourth-order valence-electron chi connectivity index (χ4n) is 2.89. The van der Waals surface area contributed by atoms with Crippen LogP contribution in [0, 0.1) is 0 Å². The summed E-state index contributed by atoms with van der Waals surface area (Å²) in [6.45, 7) is 8.41. The summed E-state index contributed by atoms with van der Waals surface area (Å²) in [5, 5.41) is 5.21. The van der Waals surface area contributed by atoms with Gasteiger partial charge >= 0.3 is 11.9 Å². The van der Waals surface area contributed by atoms with Gasteiger partial charge in [0.25, 0.3) is 0 Å². The number of hydrogen-bond acceptors (Lipinski definition) is 6. The van der Waals surface area contributed by atoms with Crippen LogP contribution in [0.15, 0.2) is 30.3 Å². The van der Waals surface area contributed by atoms with Crippen LogP contribution in [0.5, 0.6) is 0 Å². The first-order valence-corrected chi connectivity index (χ1v) is 10.5. The van der Waals surface area contributed by atoms with Crippen molar-refractivity contribution in [1.29, 1.82) is 0 Å². The number of ether oxygens (including phenoxy) is 2. The first-order valence-electron chi connectivity index (χ1n) is 10.5. The Morgan fingerprint density at radius 3 is 2.16 bits per heavy atom. The van der Waals surface area contributed by atoms with E-state index in [1.807, 2.05) is 30.3 Å². The minimum absolute atomic E-state index is 0.0502. The Kier molecular flexibility index (Phi) is 10.7. The largest absolute Gasteiger partial charge is 0.464 e. The first-order chi connectivity index (χ1) is 14.5. The van der Waals surface area contributed by atoms with Crippen LogP contribution in [-0.2, 0) is 35.1 Å². The molecule has 0 heterocycles. The molecule has 0 saturated heterocycles. The van der Waals surface area contributed by atoms with E-state index < -0.39 is 41.4 Å². The predicted molar refractivity (Wildman–Crippen MR) is 116 cm³/mol. The maximum atomic E-state index is 12.8. The summed E-state index contributed by atoms with van der Waals surface area (Å²) in [6, 6.07) is 7.73. The van der Waals surface area contributed by atoms with Gasteiger partial charge in [-0.1, -0.05) is 30.3 Å². The van der Waals surface area contributed by atoms with Gasteiger partial charge in [0.2, 0.25) is 11.8 Å². The van der Waals surface area contributed by atoms with E-state index in [0.29, 0.717) is 12.8 Å². The number of hydrogen-bond donors (Lipinski definition) is 2. The number of esters is 2. The van der Waals surface area contributed by atoms with E-state index >= 15 is 0 Å². The second-order valence-electron chi connectivity index (χ2n) is 8.22. The summed E-state index contributed by atoms with van der Waals surface area (Å²) in [5.74, 6) is -1.98. The number of aryl methyl sites for hydroxylation is 1. The average molecular weight is 435 g/mol. The van der Waals surface area contributed by atoms with Crippen LogP contribution in [-0.4, -0.2) is 48.0 Å². The molecule has 0 bridgehead atoms. The molecule has 31 heavy (non-hydrogen) atoms. The molecular weight excluding hydrogens is 400 g/mol. The molecule has 0 aliphatic heterocycles. The van der Waals surface area contributed by atoms with Crippen LogP contribution in [0.2, 0.25) is 0 Å². The van der Waals surface area contributed by atoms with Crippen molar-refractivity contribution in [1.82, 2.24) is 10.6 Å². The molecule has 8 nitrogen and oxygen atoms in total. The molecule has 0 aromatic heterocycles. The lowest BCUT2D eigenvalue weighted by Gasteiger charge is -2.23. The van der Waals surface area contributed by atoms with Gasteiger partial charge in [-0.3, -0.25) is 14.4 Å². The highest BCUT2D eigenvalue weighted by Crippen LogP contribution is 2.11. The van der Waals surface area contributed by atoms with Gasteiger partial charge in [-0.25, -0.2) is 4.79 Å². The van der Waals surface area contributed by atoms with Crippen molar-refractivity contribution in [3.05, 3.63) is 35.9 Å². The van der Waals surface area contributed by atoms with Gasteiger partial charge < -0.3 is 20.1 Å². The zero-order chi connectivity index (χ0) is 23.4. The standard InChI is InChI=1S/C23H34N2O6/c1-6-30-22(29)19(13-12-17-10-8-7-9-11-17)25-21(28)18(24-16(2)26)14-15-20(27)31-23(3,4)5/h7-11,18-19H,6,12-15H2,1-5H3,(H,24,26)(H,25,28). The molecule has 1 aromatic carbocycles. The molecule has 172 valence electrons. The molecule has 1 rings (SSSR count). The van der Waals surface area contributed by atoms with E-state index in [4.69, 9.17) is 9.47 Å². The van der Waals surface area contributed by atoms with E-state index in [9.17, 15) is 19.2 Å². The maximum absolute atomic E-state index is 12.8. The third kappa shape index (κ3) is 11.2. The third-order valence-electron chi connectivity index (χ3n) is 4.20. The lowest BCUT2D eigenvalue weighted by molar-refractivity contribution is -0.155. The zero-order valence-electron chi connectivity index (χ0n) is 19.0. The van der Waals surface area contributed by atoms with Crippen LogP contribution in [0.1, 0.15) is 59.4 Å². The molecule has 8 heteroatoms. The number of rotatable bonds is 11. The average Bonchev–Trinajstić information content (AvgIpc) is 2.67. The number of carbonyl (C=O) groups is 4. The summed E-state index contributed by atoms with van der Waals surface area (Å²) >= 11 is 0. The van der Waals surface area contributed by atoms with E-state index in [2.05, 4.69) is 10.6 Å². The number of benzene rings is 1. The van der Waals surface area contributed by atoms with Gasteiger partial charge in [0.15, 0.2) is 0 Å². The number of nitrogens with one attached hydrogen (secondary N) is 2. The molecule has 0 aliphatic carbocycles. The van der Waals surface area contributed by atoms with Crippen molar-refractivity contribution in [3.8, 4) is 0 Å². The van der Waals surface area contributed by atoms with Crippen molar-refractivity contribution < 1.29 is 28.7 Å². The minimum Gasteiger partial charge on any atom is -0.464 e. The summed E-state index contributed by atoms with van der Waals surface area (Å²) < 4.78 is 10.3. The van der Waals surface area contributed by atoms with Gasteiger partial charge in [0.05, 0.1) is 6.61 Å². The monoisotopic (exact) mass is 434 g/mol. The summed E-state index contributed by atoms with van der Waals surface area (Å²) in [6.07, 6.45) is 0.902. The molecule has 0 fully saturated rings. The van der Waals surface area contributed by atoms with Crippen molar-refractivity contribution in [3.63, 3.8) is 0 Å². The van der Waals surface area contributed by atoms with Crippen molar-refractivity contribution in [2.75, 3.05) is 6.61 Å². The predicted octanol–water partition coefficient (Wildman–Crippen LogP) is 2.29. The van der Waals surface area contributed by atoms with Crippen LogP contribution < -0.4 is 10.6 Å². The van der Waals surface area contributed by atoms with Gasteiger partial charge in [-0.15, -0.1) is 0 Å². The SMILES string of the molecule is CCOC(=O)C(CCc1ccccc1)NC(=O)C(CCC(=O)OC(C)(C)C)NC(C)=O. The highest BCUT2D eigenvalue weighted by molar-refractivity contribution is 5.90. The fraction of sp³-hybridized carbons (Fsp3) is 0.565. The topological polar surface area (TPSA) is 111 Å². The van der Waals surface area contributed by atoms with E-state index in [-0.39, 0.29) is 19.4 Å². The smallest absolute Gasteiger partial charge is 0.328 e. The Labute approximate surface area is 184 Å². The molecular formula is C23H34N2O6. The van der Waals surface area contributed by atoms with Crippen LogP contribution >= 0.6 is 0 Å². The molecule has 2 N–H and O–H groups in total. The number of amides is 2. The molecule has 2 unspecified atom stereocenters. The molecule has 2 atom stereocenters. The Bertz CT molecular complexity index is 742. The van der Waals surface area contributed by atoms with Gasteiger partial charge in [0.1, 0.15) is 17.7 Å². The van der Waals surface area contributed by atoms with Gasteiger partial charge in [0, 0.05) is 13.3 Å². The summed E-state index contributed by atoms with van der Waals surface area (Å²) in [5.41, 5.74) is 0.379. The summed E-state index contributed by atoms with van der Waals surface area (Å²) in [4.78, 5) is 48.8. The normalized spacial score (nSPS) is 12.9. The zero-order valence-corrected chi connectivity index (χ0v) is 19.0. The Morgan fingerprint density at radius 2 is 1.61 bits per heavy atom. The van der Waals surface area contributed by atoms with Gasteiger partial charge in [-0.2, -0.15) is 0 Å². The quantitative estimate of drug-likeness (QED) is 0.517. The van der Waals surface area contributed by atoms with Crippen LogP contribution in [0.25, 0.3) is 0 Å². The molecule has 0 saturated carbocycles. The molecule has 0 radical (unpaired) electrons. The number of carbonyl (C=O) groups excluding carboxylic acids is 4. The molecule has 2 amide bonds. The van der Waals surface area contributed by atoms with Crippen molar-refractivity contribution in [2.45, 2.75) is 78.0 Å². The lowest BCUT2D eigenvalue weighted by atomic mass is 10.0. The Hall–Kier alpha value is -2.90. The molecule has 1 aromatic rings. The second kappa shape index (κ2) is 12.7. The third-order valence-corrected chi connectivity index (χ3v) is 4.20. The van der Waals surface area contributed by atoms with Crippen molar-refractivity contribution >= 4 is 23.8 Å². The summed E-state index contributed by atoms with van der Waals surface area (Å²) in [7, 11) is 0. The Balaban J connectivity index is 2.81. The molecule has 0 spiro atoms. The maximum Gasteiger partial charge on any atom is 0.328 e. The van der Waals surface area contributed by atoms with Crippen LogP contribution in [0.3, 0.4) is 0 Å². The first kappa shape index (κ1) is 26.1. The van der Waals surface area contributed by atoms with E-state index in [0.717, 1.165) is 5.56 Å². The van der Waals surface area contributed by atoms with Gasteiger partial charge in [-0.05, 0) is 52.5 Å². The Morgan fingerprint density at radius 1 is 0.968 bits per heavy atom. The van der Waals surface area contributed by atoms with Crippen molar-refractivity contribution in [2.24, 2.45) is 0 Å².